The van der Waals surface area contributed by atoms with Crippen molar-refractivity contribution in [3.05, 3.63) is 71.8 Å². The number of likely N-dealkylation sites (N-methyl/N-ethyl adjacent to an activating group) is 1. The third-order valence-electron chi connectivity index (χ3n) is 5.92. The van der Waals surface area contributed by atoms with Crippen LogP contribution in [0.2, 0.25) is 0 Å². The van der Waals surface area contributed by atoms with Crippen molar-refractivity contribution in [2.75, 3.05) is 33.0 Å². The van der Waals surface area contributed by atoms with Crippen LogP contribution in [-0.4, -0.2) is 74.6 Å². The summed E-state index contributed by atoms with van der Waals surface area (Å²) in [5.74, 6) is -0.726. The Morgan fingerprint density at radius 3 is 2.24 bits per heavy atom. The molecule has 2 aromatic rings. The number of ether oxygens (including phenoxy) is 1. The van der Waals surface area contributed by atoms with Gasteiger partial charge in [0.1, 0.15) is 6.04 Å². The summed E-state index contributed by atoms with van der Waals surface area (Å²) in [6.45, 7) is 0.892. The first-order valence-electron chi connectivity index (χ1n) is 11.4. The molecule has 9 heteroatoms. The average molecular weight is 488 g/mol. The number of carbonyl (C=O) groups excluding carboxylic acids is 2. The number of amides is 2. The fraction of sp³-hybridized carbons (Fsp3) is 0.440. The highest BCUT2D eigenvalue weighted by molar-refractivity contribution is 7.88. The van der Waals surface area contributed by atoms with Gasteiger partial charge in [0.05, 0.1) is 18.9 Å². The van der Waals surface area contributed by atoms with Gasteiger partial charge in [-0.25, -0.2) is 8.42 Å². The fourth-order valence-corrected chi connectivity index (χ4v) is 4.22. The van der Waals surface area contributed by atoms with Crippen molar-refractivity contribution >= 4 is 21.8 Å². The molecule has 2 atom stereocenters. The summed E-state index contributed by atoms with van der Waals surface area (Å²) in [6.07, 6.45) is 3.17. The molecule has 1 fully saturated rings. The molecular formula is C25H33N3O5S. The van der Waals surface area contributed by atoms with Gasteiger partial charge in [0, 0.05) is 33.2 Å². The second-order valence-electron chi connectivity index (χ2n) is 8.61. The first kappa shape index (κ1) is 25.9. The lowest BCUT2D eigenvalue weighted by atomic mass is 10.0. The van der Waals surface area contributed by atoms with Crippen LogP contribution in [-0.2, 0) is 37.3 Å². The zero-order valence-electron chi connectivity index (χ0n) is 19.7. The van der Waals surface area contributed by atoms with E-state index < -0.39 is 22.0 Å². The summed E-state index contributed by atoms with van der Waals surface area (Å²) >= 11 is 0. The van der Waals surface area contributed by atoms with E-state index in [1.807, 2.05) is 60.7 Å². The quantitative estimate of drug-likeness (QED) is 0.522. The second-order valence-corrected chi connectivity index (χ2v) is 10.7. The third-order valence-corrected chi connectivity index (χ3v) is 7.18. The minimum atomic E-state index is -3.56. The Balaban J connectivity index is 1.89. The molecule has 2 aromatic carbocycles. The predicted octanol–water partition coefficient (Wildman–Crippen LogP) is 1.81. The number of hydrogen-bond donors (Lipinski definition) is 1. The maximum atomic E-state index is 13.4. The number of sulfonamides is 1. The molecule has 0 bridgehead atoms. The van der Waals surface area contributed by atoms with Gasteiger partial charge in [0.15, 0.2) is 0 Å². The zero-order chi connectivity index (χ0) is 24.6. The van der Waals surface area contributed by atoms with E-state index in [-0.39, 0.29) is 25.1 Å². The maximum absolute atomic E-state index is 13.4. The molecule has 2 amide bonds. The van der Waals surface area contributed by atoms with Crippen molar-refractivity contribution < 1.29 is 22.7 Å². The molecule has 184 valence electrons. The monoisotopic (exact) mass is 487 g/mol. The van der Waals surface area contributed by atoms with Crippen LogP contribution in [0.5, 0.6) is 0 Å². The fourth-order valence-electron chi connectivity index (χ4n) is 3.87. The summed E-state index contributed by atoms with van der Waals surface area (Å²) in [7, 11) is -2.20. The topological polar surface area (TPSA) is 96.0 Å². The normalized spacial score (nSPS) is 16.9. The van der Waals surface area contributed by atoms with Gasteiger partial charge in [-0.2, -0.15) is 4.31 Å². The van der Waals surface area contributed by atoms with Gasteiger partial charge in [0.25, 0.3) is 0 Å². The molecule has 1 aliphatic heterocycles. The Morgan fingerprint density at radius 2 is 1.68 bits per heavy atom. The highest BCUT2D eigenvalue weighted by Crippen LogP contribution is 2.16. The van der Waals surface area contributed by atoms with Crippen molar-refractivity contribution in [3.63, 3.8) is 0 Å². The Labute approximate surface area is 201 Å². The SMILES string of the molecule is CN(CC(=O)N(Cc1ccccc1)[C@@H](Cc1ccccc1)C(=O)NC[C@@H]1CCCO1)S(C)(=O)=O. The molecule has 0 saturated carbocycles. The molecule has 34 heavy (non-hydrogen) atoms. The minimum absolute atomic E-state index is 0.0315. The summed E-state index contributed by atoms with van der Waals surface area (Å²) in [6, 6.07) is 18.0. The van der Waals surface area contributed by atoms with Crippen LogP contribution in [0.1, 0.15) is 24.0 Å². The van der Waals surface area contributed by atoms with Crippen molar-refractivity contribution in [1.82, 2.24) is 14.5 Å². The molecule has 0 radical (unpaired) electrons. The summed E-state index contributed by atoms with van der Waals surface area (Å²) in [5, 5.41) is 2.96. The molecule has 0 unspecified atom stereocenters. The largest absolute Gasteiger partial charge is 0.376 e. The number of nitrogens with one attached hydrogen (secondary N) is 1. The zero-order valence-corrected chi connectivity index (χ0v) is 20.5. The summed E-state index contributed by atoms with van der Waals surface area (Å²) < 4.78 is 30.5. The van der Waals surface area contributed by atoms with Crippen LogP contribution in [0.25, 0.3) is 0 Å². The van der Waals surface area contributed by atoms with Crippen LogP contribution in [0.15, 0.2) is 60.7 Å². The Hall–Kier alpha value is -2.75. The molecule has 8 nitrogen and oxygen atoms in total. The van der Waals surface area contributed by atoms with E-state index in [0.717, 1.165) is 34.5 Å². The Morgan fingerprint density at radius 1 is 1.06 bits per heavy atom. The van der Waals surface area contributed by atoms with E-state index in [4.69, 9.17) is 4.74 Å². The number of benzene rings is 2. The van der Waals surface area contributed by atoms with Gasteiger partial charge in [-0.15, -0.1) is 0 Å². The van der Waals surface area contributed by atoms with E-state index >= 15 is 0 Å². The number of carbonyl (C=O) groups is 2. The molecule has 1 aliphatic rings. The van der Waals surface area contributed by atoms with Gasteiger partial charge >= 0.3 is 0 Å². The predicted molar refractivity (Wildman–Crippen MR) is 130 cm³/mol. The lowest BCUT2D eigenvalue weighted by molar-refractivity contribution is -0.141. The molecule has 0 spiro atoms. The molecule has 1 heterocycles. The van der Waals surface area contributed by atoms with Crippen LogP contribution < -0.4 is 5.32 Å². The van der Waals surface area contributed by atoms with Gasteiger partial charge < -0.3 is 15.0 Å². The lowest BCUT2D eigenvalue weighted by Gasteiger charge is -2.32. The van der Waals surface area contributed by atoms with Gasteiger partial charge in [-0.3, -0.25) is 9.59 Å². The molecule has 0 aromatic heterocycles. The molecular weight excluding hydrogens is 454 g/mol. The average Bonchev–Trinajstić information content (AvgIpc) is 3.34. The summed E-state index contributed by atoms with van der Waals surface area (Å²) in [5.41, 5.74) is 1.75. The van der Waals surface area contributed by atoms with Gasteiger partial charge in [-0.05, 0) is 24.0 Å². The van der Waals surface area contributed by atoms with E-state index in [1.165, 1.54) is 11.9 Å². The molecule has 0 aliphatic carbocycles. The Kier molecular flexibility index (Phi) is 9.20. The van der Waals surface area contributed by atoms with Crippen molar-refractivity contribution in [2.45, 2.75) is 38.0 Å². The highest BCUT2D eigenvalue weighted by atomic mass is 32.2. The van der Waals surface area contributed by atoms with E-state index in [9.17, 15) is 18.0 Å². The first-order chi connectivity index (χ1) is 16.2. The van der Waals surface area contributed by atoms with Crippen molar-refractivity contribution in [2.24, 2.45) is 0 Å². The number of nitrogens with zero attached hydrogens (tertiary/aromatic N) is 2. The molecule has 1 saturated heterocycles. The molecule has 3 rings (SSSR count). The third kappa shape index (κ3) is 7.65. The first-order valence-corrected chi connectivity index (χ1v) is 13.3. The Bertz CT molecular complexity index is 1040. The van der Waals surface area contributed by atoms with Crippen LogP contribution >= 0.6 is 0 Å². The number of hydrogen-bond acceptors (Lipinski definition) is 5. The van der Waals surface area contributed by atoms with E-state index in [1.54, 1.807) is 0 Å². The smallest absolute Gasteiger partial charge is 0.243 e. The van der Waals surface area contributed by atoms with Crippen LogP contribution in [0, 0.1) is 0 Å². The minimum Gasteiger partial charge on any atom is -0.376 e. The van der Waals surface area contributed by atoms with Gasteiger partial charge in [0.2, 0.25) is 21.8 Å². The lowest BCUT2D eigenvalue weighted by Crippen LogP contribution is -2.53. The standard InChI is InChI=1S/C25H33N3O5S/c1-27(34(2,31)32)19-24(29)28(18-21-12-7-4-8-13-21)23(16-20-10-5-3-6-11-20)25(30)26-17-22-14-9-15-33-22/h3-8,10-13,22-23H,9,14-19H2,1-2H3,(H,26,30)/t22-,23-/m0/s1. The van der Waals surface area contributed by atoms with Crippen molar-refractivity contribution in [1.29, 1.82) is 0 Å². The highest BCUT2D eigenvalue weighted by Gasteiger charge is 2.32. The van der Waals surface area contributed by atoms with Gasteiger partial charge in [-0.1, -0.05) is 60.7 Å². The maximum Gasteiger partial charge on any atom is 0.243 e. The van der Waals surface area contributed by atoms with Crippen molar-refractivity contribution in [3.8, 4) is 0 Å². The van der Waals surface area contributed by atoms with E-state index in [2.05, 4.69) is 5.32 Å². The number of rotatable bonds is 11. The second kappa shape index (κ2) is 12.1. The van der Waals surface area contributed by atoms with E-state index in [0.29, 0.717) is 19.6 Å². The molecule has 1 N–H and O–H groups in total. The summed E-state index contributed by atoms with van der Waals surface area (Å²) in [4.78, 5) is 28.3. The van der Waals surface area contributed by atoms with Crippen LogP contribution in [0.4, 0.5) is 0 Å². The van der Waals surface area contributed by atoms with Crippen LogP contribution in [0.3, 0.4) is 0 Å².